The molecule has 0 unspecified atom stereocenters. The van der Waals surface area contributed by atoms with Gasteiger partial charge in [-0.3, -0.25) is 4.79 Å². The number of likely N-dealkylation sites (tertiary alicyclic amines) is 1. The number of sulfonamides is 1. The Kier molecular flexibility index (Phi) is 6.62. The first-order chi connectivity index (χ1) is 9.67. The summed E-state index contributed by atoms with van der Waals surface area (Å²) >= 11 is 0. The summed E-state index contributed by atoms with van der Waals surface area (Å²) in [5, 5.41) is 0. The van der Waals surface area contributed by atoms with Crippen molar-refractivity contribution >= 4 is 15.9 Å². The van der Waals surface area contributed by atoms with Gasteiger partial charge < -0.3 is 9.64 Å². The van der Waals surface area contributed by atoms with Gasteiger partial charge in [0.05, 0.1) is 6.26 Å². The molecule has 7 heteroatoms. The van der Waals surface area contributed by atoms with Gasteiger partial charge in [0, 0.05) is 38.8 Å². The van der Waals surface area contributed by atoms with Crippen LogP contribution in [0, 0.1) is 5.92 Å². The van der Waals surface area contributed by atoms with Crippen LogP contribution in [0.3, 0.4) is 0 Å². The molecule has 1 saturated heterocycles. The van der Waals surface area contributed by atoms with Crippen molar-refractivity contribution in [1.29, 1.82) is 0 Å². The van der Waals surface area contributed by atoms with Gasteiger partial charge in [-0.25, -0.2) is 13.1 Å². The molecule has 1 aliphatic heterocycles. The Morgan fingerprint density at radius 2 is 1.90 bits per heavy atom. The van der Waals surface area contributed by atoms with Gasteiger partial charge in [-0.2, -0.15) is 0 Å². The molecule has 0 aromatic carbocycles. The molecule has 1 amide bonds. The zero-order valence-corrected chi connectivity index (χ0v) is 14.3. The van der Waals surface area contributed by atoms with E-state index in [4.69, 9.17) is 4.74 Å². The fraction of sp³-hybridized carbons (Fsp3) is 0.929. The van der Waals surface area contributed by atoms with Crippen LogP contribution >= 0.6 is 0 Å². The number of carbonyl (C=O) groups excluding carboxylic acids is 1. The van der Waals surface area contributed by atoms with Crippen LogP contribution in [0.15, 0.2) is 0 Å². The Bertz CT molecular complexity index is 440. The number of carbonyl (C=O) groups is 1. The molecule has 1 heterocycles. The third-order valence-corrected chi connectivity index (χ3v) is 4.65. The first-order valence-corrected chi connectivity index (χ1v) is 9.32. The van der Waals surface area contributed by atoms with Crippen LogP contribution in [0.2, 0.25) is 0 Å². The van der Waals surface area contributed by atoms with E-state index in [-0.39, 0.29) is 5.91 Å². The van der Waals surface area contributed by atoms with Gasteiger partial charge in [-0.1, -0.05) is 13.8 Å². The lowest BCUT2D eigenvalue weighted by atomic mass is 9.85. The number of nitrogens with zero attached hydrogens (tertiary/aromatic N) is 1. The SMILES string of the molecule is COCCC1(NS(C)(=O)=O)CCN(C(=O)CC(C)C)CC1. The fourth-order valence-electron chi connectivity index (χ4n) is 2.76. The minimum Gasteiger partial charge on any atom is -0.385 e. The minimum atomic E-state index is -3.28. The van der Waals surface area contributed by atoms with Crippen molar-refractivity contribution in [3.05, 3.63) is 0 Å². The number of hydrogen-bond acceptors (Lipinski definition) is 4. The van der Waals surface area contributed by atoms with Crippen molar-refractivity contribution in [3.63, 3.8) is 0 Å². The second-order valence-electron chi connectivity index (χ2n) is 6.38. The molecule has 1 rings (SSSR count). The molecule has 1 N–H and O–H groups in total. The molecule has 1 aliphatic rings. The van der Waals surface area contributed by atoms with E-state index in [1.165, 1.54) is 6.26 Å². The minimum absolute atomic E-state index is 0.157. The zero-order chi connectivity index (χ0) is 16.1. The van der Waals surface area contributed by atoms with E-state index < -0.39 is 15.6 Å². The molecule has 0 atom stereocenters. The summed E-state index contributed by atoms with van der Waals surface area (Å²) in [6, 6.07) is 0. The maximum atomic E-state index is 12.1. The lowest BCUT2D eigenvalue weighted by Crippen LogP contribution is -2.56. The number of rotatable bonds is 7. The average molecular weight is 320 g/mol. The van der Waals surface area contributed by atoms with Crippen LogP contribution in [-0.2, 0) is 19.6 Å². The van der Waals surface area contributed by atoms with Gasteiger partial charge in [0.1, 0.15) is 0 Å². The summed E-state index contributed by atoms with van der Waals surface area (Å²) in [6.45, 7) is 5.74. The zero-order valence-electron chi connectivity index (χ0n) is 13.5. The third-order valence-electron chi connectivity index (χ3n) is 3.84. The standard InChI is InChI=1S/C14H28N2O4S/c1-12(2)11-13(17)16-8-5-14(6-9-16,7-10-20-3)15-21(4,18)19/h12,15H,5-11H2,1-4H3. The monoisotopic (exact) mass is 320 g/mol. The number of amides is 1. The van der Waals surface area contributed by atoms with E-state index in [0.29, 0.717) is 51.3 Å². The fourth-order valence-corrected chi connectivity index (χ4v) is 3.85. The predicted molar refractivity (Wildman–Crippen MR) is 82.5 cm³/mol. The van der Waals surface area contributed by atoms with Gasteiger partial charge in [0.15, 0.2) is 0 Å². The second kappa shape index (κ2) is 7.56. The third kappa shape index (κ3) is 6.32. The first-order valence-electron chi connectivity index (χ1n) is 7.43. The molecule has 0 bridgehead atoms. The van der Waals surface area contributed by atoms with Crippen LogP contribution in [0.25, 0.3) is 0 Å². The van der Waals surface area contributed by atoms with Crippen molar-refractivity contribution in [2.75, 3.05) is 33.1 Å². The molecule has 0 aliphatic carbocycles. The average Bonchev–Trinajstić information content (AvgIpc) is 2.34. The smallest absolute Gasteiger partial charge is 0.222 e. The van der Waals surface area contributed by atoms with Gasteiger partial charge in [-0.05, 0) is 25.2 Å². The number of nitrogens with one attached hydrogen (secondary N) is 1. The molecule has 0 aromatic heterocycles. The summed E-state index contributed by atoms with van der Waals surface area (Å²) in [5.74, 6) is 0.497. The van der Waals surface area contributed by atoms with Crippen LogP contribution in [0.5, 0.6) is 0 Å². The van der Waals surface area contributed by atoms with Gasteiger partial charge in [0.25, 0.3) is 0 Å². The second-order valence-corrected chi connectivity index (χ2v) is 8.12. The van der Waals surface area contributed by atoms with E-state index in [1.54, 1.807) is 7.11 Å². The molecule has 0 aromatic rings. The number of hydrogen-bond donors (Lipinski definition) is 1. The van der Waals surface area contributed by atoms with Crippen molar-refractivity contribution in [2.24, 2.45) is 5.92 Å². The van der Waals surface area contributed by atoms with E-state index in [1.807, 2.05) is 18.7 Å². The summed E-state index contributed by atoms with van der Waals surface area (Å²) < 4.78 is 31.0. The van der Waals surface area contributed by atoms with E-state index in [0.717, 1.165) is 0 Å². The van der Waals surface area contributed by atoms with Gasteiger partial charge in [-0.15, -0.1) is 0 Å². The van der Waals surface area contributed by atoms with E-state index >= 15 is 0 Å². The van der Waals surface area contributed by atoms with Crippen molar-refractivity contribution in [2.45, 2.75) is 45.1 Å². The number of methoxy groups -OCH3 is 1. The molecule has 6 nitrogen and oxygen atoms in total. The summed E-state index contributed by atoms with van der Waals surface area (Å²) in [6.07, 6.45) is 3.62. The largest absolute Gasteiger partial charge is 0.385 e. The van der Waals surface area contributed by atoms with Crippen LogP contribution in [-0.4, -0.2) is 57.8 Å². The summed E-state index contributed by atoms with van der Waals surface area (Å²) in [5.41, 5.74) is -0.488. The lowest BCUT2D eigenvalue weighted by molar-refractivity contribution is -0.133. The molecule has 0 radical (unpaired) electrons. The molecule has 1 fully saturated rings. The first kappa shape index (κ1) is 18.4. The Labute approximate surface area is 128 Å². The van der Waals surface area contributed by atoms with Gasteiger partial charge >= 0.3 is 0 Å². The van der Waals surface area contributed by atoms with E-state index in [9.17, 15) is 13.2 Å². The van der Waals surface area contributed by atoms with Crippen LogP contribution < -0.4 is 4.72 Å². The van der Waals surface area contributed by atoms with Crippen molar-refractivity contribution in [1.82, 2.24) is 9.62 Å². The Morgan fingerprint density at radius 1 is 1.33 bits per heavy atom. The van der Waals surface area contributed by atoms with Crippen molar-refractivity contribution < 1.29 is 17.9 Å². The highest BCUT2D eigenvalue weighted by Crippen LogP contribution is 2.27. The van der Waals surface area contributed by atoms with E-state index in [2.05, 4.69) is 4.72 Å². The molecular formula is C14H28N2O4S. The Hall–Kier alpha value is -0.660. The molecular weight excluding hydrogens is 292 g/mol. The number of piperidine rings is 1. The number of ether oxygens (including phenoxy) is 1. The maximum Gasteiger partial charge on any atom is 0.222 e. The summed E-state index contributed by atoms with van der Waals surface area (Å²) in [7, 11) is -1.67. The predicted octanol–water partition coefficient (Wildman–Crippen LogP) is 0.979. The topological polar surface area (TPSA) is 75.7 Å². The molecule has 0 saturated carbocycles. The van der Waals surface area contributed by atoms with Crippen molar-refractivity contribution in [3.8, 4) is 0 Å². The van der Waals surface area contributed by atoms with Crippen LogP contribution in [0.4, 0.5) is 0 Å². The highest BCUT2D eigenvalue weighted by atomic mass is 32.2. The Morgan fingerprint density at radius 3 is 2.33 bits per heavy atom. The Balaban J connectivity index is 2.68. The molecule has 124 valence electrons. The normalized spacial score (nSPS) is 19.0. The van der Waals surface area contributed by atoms with Crippen LogP contribution in [0.1, 0.15) is 39.5 Å². The molecule has 21 heavy (non-hydrogen) atoms. The molecule has 0 spiro atoms. The van der Waals surface area contributed by atoms with Gasteiger partial charge in [0.2, 0.25) is 15.9 Å². The quantitative estimate of drug-likeness (QED) is 0.759. The summed E-state index contributed by atoms with van der Waals surface area (Å²) in [4.78, 5) is 13.9. The maximum absolute atomic E-state index is 12.1. The highest BCUT2D eigenvalue weighted by molar-refractivity contribution is 7.88. The highest BCUT2D eigenvalue weighted by Gasteiger charge is 2.37. The lowest BCUT2D eigenvalue weighted by Gasteiger charge is -2.42.